The van der Waals surface area contributed by atoms with Crippen molar-refractivity contribution in [3.05, 3.63) is 46.2 Å². The molecule has 14 heteroatoms. The van der Waals surface area contributed by atoms with Gasteiger partial charge in [-0.25, -0.2) is 17.2 Å². The highest BCUT2D eigenvalue weighted by Gasteiger charge is 2.60. The van der Waals surface area contributed by atoms with E-state index in [1.165, 1.54) is 6.07 Å². The van der Waals surface area contributed by atoms with Gasteiger partial charge in [0.05, 0.1) is 22.5 Å². The Kier molecular flexibility index (Phi) is 7.40. The molecule has 2 aromatic rings. The molecule has 3 saturated heterocycles. The molecule has 0 spiro atoms. The number of para-hydroxylation sites is 1. The summed E-state index contributed by atoms with van der Waals surface area (Å²) in [5.74, 6) is -7.37. The van der Waals surface area contributed by atoms with Crippen LogP contribution in [0.4, 0.5) is 13.2 Å². The topological polar surface area (TPSA) is 128 Å². The van der Waals surface area contributed by atoms with Crippen LogP contribution < -0.4 is 10.6 Å². The number of benzene rings is 1. The zero-order chi connectivity index (χ0) is 29.0. The molecule has 6 rings (SSSR count). The van der Waals surface area contributed by atoms with Gasteiger partial charge >= 0.3 is 0 Å². The molecule has 9 nitrogen and oxygen atoms in total. The van der Waals surface area contributed by atoms with Crippen LogP contribution in [0.2, 0.25) is 5.02 Å². The highest BCUT2D eigenvalue weighted by atomic mass is 35.5. The fourth-order valence-corrected chi connectivity index (χ4v) is 6.71. The average Bonchev–Trinajstić information content (AvgIpc) is 3.49. The van der Waals surface area contributed by atoms with Crippen molar-refractivity contribution in [2.24, 2.45) is 11.8 Å². The number of carbonyl (C=O) groups excluding carboxylic acids is 3. The monoisotopic (exact) mass is 600 g/mol. The summed E-state index contributed by atoms with van der Waals surface area (Å²) in [5.41, 5.74) is 0.552. The minimum Gasteiger partial charge on any atom is -0.356 e. The van der Waals surface area contributed by atoms with Gasteiger partial charge in [-0.1, -0.05) is 23.7 Å². The van der Waals surface area contributed by atoms with Crippen LogP contribution in [-0.2, 0) is 19.4 Å². The first kappa shape index (κ1) is 28.5. The molecule has 4 heterocycles. The van der Waals surface area contributed by atoms with E-state index in [-0.39, 0.29) is 30.9 Å². The maximum absolute atomic E-state index is 15.1. The van der Waals surface area contributed by atoms with Gasteiger partial charge in [0.25, 0.3) is 11.8 Å². The lowest BCUT2D eigenvalue weighted by molar-refractivity contribution is -0.179. The standard InChI is InChI=1S/C26H28ClF3N4O5S/c1-40(38,39)20(28)11-15(9-14-7-8-31-23(14)35)32-24(36)22-17-6-5-16(12-26(17,29)30)34(22)25(37)19-10-13-3-2-4-18(27)21(13)33-19/h2-4,10-11,14-17,22,33H,5-9,12H2,1H3,(H,31,35)(H,32,36)/b20-11-/t14-,15-,16-,17-,22-/m1/s1. The molecule has 1 aliphatic carbocycles. The number of nitrogens with one attached hydrogen (secondary N) is 3. The van der Waals surface area contributed by atoms with E-state index in [0.717, 1.165) is 4.90 Å². The second-order valence-electron chi connectivity index (χ2n) is 10.7. The number of amides is 3. The van der Waals surface area contributed by atoms with Crippen molar-refractivity contribution in [1.29, 1.82) is 0 Å². The third-order valence-electron chi connectivity index (χ3n) is 7.99. The van der Waals surface area contributed by atoms with Gasteiger partial charge in [0, 0.05) is 36.6 Å². The van der Waals surface area contributed by atoms with Crippen molar-refractivity contribution in [1.82, 2.24) is 20.5 Å². The molecule has 0 unspecified atom stereocenters. The summed E-state index contributed by atoms with van der Waals surface area (Å²) in [7, 11) is -4.27. The highest BCUT2D eigenvalue weighted by molar-refractivity contribution is 7.94. The number of hydrogen-bond acceptors (Lipinski definition) is 5. The van der Waals surface area contributed by atoms with Gasteiger partial charge in [-0.15, -0.1) is 0 Å². The zero-order valence-electron chi connectivity index (χ0n) is 21.4. The van der Waals surface area contributed by atoms with Crippen molar-refractivity contribution in [3.8, 4) is 0 Å². The lowest BCUT2D eigenvalue weighted by Gasteiger charge is -2.53. The van der Waals surface area contributed by atoms with Gasteiger partial charge in [0.2, 0.25) is 26.8 Å². The number of rotatable bonds is 7. The fourth-order valence-electron chi connectivity index (χ4n) is 6.07. The molecule has 216 valence electrons. The van der Waals surface area contributed by atoms with Gasteiger partial charge in [-0.05, 0) is 43.9 Å². The van der Waals surface area contributed by atoms with Gasteiger partial charge in [0.1, 0.15) is 11.7 Å². The Hall–Kier alpha value is -3.06. The number of carbonyl (C=O) groups is 3. The molecule has 1 aromatic heterocycles. The summed E-state index contributed by atoms with van der Waals surface area (Å²) in [6.45, 7) is 0.359. The molecular weight excluding hydrogens is 573 g/mol. The molecule has 0 radical (unpaired) electrons. The van der Waals surface area contributed by atoms with E-state index in [9.17, 15) is 27.2 Å². The third kappa shape index (κ3) is 5.32. The number of aromatic amines is 1. The Morgan fingerprint density at radius 2 is 2.02 bits per heavy atom. The normalized spacial score (nSPS) is 27.1. The van der Waals surface area contributed by atoms with E-state index in [1.807, 2.05) is 0 Å². The minimum atomic E-state index is -4.27. The Balaban J connectivity index is 1.48. The number of piperidine rings is 2. The summed E-state index contributed by atoms with van der Waals surface area (Å²) < 4.78 is 68.2. The number of nitrogens with zero attached hydrogens (tertiary/aromatic N) is 1. The molecule has 2 bridgehead atoms. The van der Waals surface area contributed by atoms with Gasteiger partial charge in [-0.3, -0.25) is 14.4 Å². The molecule has 4 fully saturated rings. The molecule has 40 heavy (non-hydrogen) atoms. The molecule has 4 aliphatic rings. The first-order valence-electron chi connectivity index (χ1n) is 12.9. The zero-order valence-corrected chi connectivity index (χ0v) is 23.0. The lowest BCUT2D eigenvalue weighted by Crippen LogP contribution is -2.68. The number of halogens is 4. The number of alkyl halides is 2. The number of fused-ring (bicyclic) bond motifs is 4. The predicted octanol–water partition coefficient (Wildman–Crippen LogP) is 3.32. The molecule has 3 N–H and O–H groups in total. The summed E-state index contributed by atoms with van der Waals surface area (Å²) in [6.07, 6.45) is 1.19. The second kappa shape index (κ2) is 10.4. The Morgan fingerprint density at radius 3 is 2.65 bits per heavy atom. The van der Waals surface area contributed by atoms with Crippen molar-refractivity contribution in [2.45, 2.75) is 56.2 Å². The average molecular weight is 601 g/mol. The maximum Gasteiger partial charge on any atom is 0.271 e. The highest BCUT2D eigenvalue weighted by Crippen LogP contribution is 2.49. The van der Waals surface area contributed by atoms with Gasteiger partial charge in [0.15, 0.2) is 0 Å². The molecule has 5 atom stereocenters. The number of aromatic nitrogens is 1. The second-order valence-corrected chi connectivity index (χ2v) is 13.1. The largest absolute Gasteiger partial charge is 0.356 e. The predicted molar refractivity (Wildman–Crippen MR) is 141 cm³/mol. The fraction of sp³-hybridized carbons (Fsp3) is 0.500. The number of hydrogen-bond donors (Lipinski definition) is 3. The lowest BCUT2D eigenvalue weighted by atomic mass is 9.71. The molecule has 1 aromatic carbocycles. The Labute approximate surface area is 233 Å². The van der Waals surface area contributed by atoms with Crippen LogP contribution >= 0.6 is 11.6 Å². The van der Waals surface area contributed by atoms with E-state index in [1.54, 1.807) is 18.2 Å². The maximum atomic E-state index is 15.1. The minimum absolute atomic E-state index is 0.0126. The molecule has 1 saturated carbocycles. The quantitative estimate of drug-likeness (QED) is 0.449. The third-order valence-corrected chi connectivity index (χ3v) is 9.15. The number of sulfone groups is 1. The summed E-state index contributed by atoms with van der Waals surface area (Å²) in [6, 6.07) is 2.74. The number of H-pyrrole nitrogens is 1. The van der Waals surface area contributed by atoms with E-state index < -0.39 is 69.1 Å². The Bertz CT molecular complexity index is 1510. The summed E-state index contributed by atoms with van der Waals surface area (Å²) in [4.78, 5) is 43.6. The SMILES string of the molecule is CS(=O)(=O)/C(F)=C\[C@@H](C[C@H]1CCNC1=O)NC(=O)[C@H]1[C@H]2CC[C@H](CC2(F)F)N1C(=O)c1cc2cccc(Cl)c2[nH]1. The van der Waals surface area contributed by atoms with Crippen LogP contribution in [0.5, 0.6) is 0 Å². The van der Waals surface area contributed by atoms with Crippen LogP contribution in [0.1, 0.15) is 42.6 Å². The van der Waals surface area contributed by atoms with Gasteiger partial charge < -0.3 is 20.5 Å². The molecule has 3 aliphatic heterocycles. The van der Waals surface area contributed by atoms with Crippen LogP contribution in [0, 0.1) is 11.8 Å². The molecule has 3 amide bonds. The van der Waals surface area contributed by atoms with E-state index >= 15 is 8.78 Å². The summed E-state index contributed by atoms with van der Waals surface area (Å²) >= 11 is 6.22. The first-order valence-corrected chi connectivity index (χ1v) is 15.2. The van der Waals surface area contributed by atoms with Crippen LogP contribution in [-0.4, -0.2) is 72.9 Å². The molecular formula is C26H28ClF3N4O5S. The van der Waals surface area contributed by atoms with E-state index in [4.69, 9.17) is 11.6 Å². The summed E-state index contributed by atoms with van der Waals surface area (Å²) in [5, 5.41) is 4.55. The van der Waals surface area contributed by atoms with Crippen LogP contribution in [0.3, 0.4) is 0 Å². The van der Waals surface area contributed by atoms with Crippen molar-refractivity contribution in [3.63, 3.8) is 0 Å². The Morgan fingerprint density at radius 1 is 1.27 bits per heavy atom. The van der Waals surface area contributed by atoms with Crippen molar-refractivity contribution >= 4 is 50.1 Å². The first-order chi connectivity index (χ1) is 18.8. The van der Waals surface area contributed by atoms with Crippen LogP contribution in [0.15, 0.2) is 35.5 Å². The smallest absolute Gasteiger partial charge is 0.271 e. The van der Waals surface area contributed by atoms with E-state index in [0.29, 0.717) is 41.2 Å². The van der Waals surface area contributed by atoms with Crippen LogP contribution in [0.25, 0.3) is 10.9 Å². The van der Waals surface area contributed by atoms with Crippen molar-refractivity contribution < 1.29 is 36.0 Å². The van der Waals surface area contributed by atoms with Gasteiger partial charge in [-0.2, -0.15) is 4.39 Å². The van der Waals surface area contributed by atoms with Crippen molar-refractivity contribution in [2.75, 3.05) is 12.8 Å². The van der Waals surface area contributed by atoms with E-state index in [2.05, 4.69) is 15.6 Å².